The van der Waals surface area contributed by atoms with E-state index in [4.69, 9.17) is 5.73 Å². The number of nitrogens with zero attached hydrogens (tertiary/aromatic N) is 3. The topological polar surface area (TPSA) is 52.8 Å². The first kappa shape index (κ1) is 14.8. The molecule has 1 aliphatic heterocycles. The van der Waals surface area contributed by atoms with Crippen LogP contribution in [0, 0.1) is 0 Å². The molecule has 0 saturated carbocycles. The molecule has 2 N–H and O–H groups in total. The molecule has 1 aromatic carbocycles. The van der Waals surface area contributed by atoms with Crippen molar-refractivity contribution >= 4 is 11.6 Å². The lowest BCUT2D eigenvalue weighted by Gasteiger charge is -2.33. The number of piperazine rings is 1. The molecule has 1 heterocycles. The van der Waals surface area contributed by atoms with Gasteiger partial charge in [-0.05, 0) is 24.7 Å². The summed E-state index contributed by atoms with van der Waals surface area (Å²) in [6.45, 7) is 4.50. The Morgan fingerprint density at radius 3 is 2.65 bits per heavy atom. The number of hydrogen-bond acceptors (Lipinski definition) is 4. The summed E-state index contributed by atoms with van der Waals surface area (Å²) in [6, 6.07) is 8.03. The highest BCUT2D eigenvalue weighted by Gasteiger charge is 2.20. The largest absolute Gasteiger partial charge is 0.365 e. The van der Waals surface area contributed by atoms with E-state index in [-0.39, 0.29) is 5.91 Å². The molecule has 0 aliphatic carbocycles. The molecule has 1 fully saturated rings. The fraction of sp³-hybridized carbons (Fsp3) is 0.533. The van der Waals surface area contributed by atoms with Crippen molar-refractivity contribution in [1.29, 1.82) is 0 Å². The van der Waals surface area contributed by atoms with Gasteiger partial charge in [0.05, 0.1) is 6.54 Å². The number of anilines is 1. The van der Waals surface area contributed by atoms with Gasteiger partial charge >= 0.3 is 0 Å². The monoisotopic (exact) mass is 276 g/mol. The lowest BCUT2D eigenvalue weighted by Crippen LogP contribution is -2.49. The van der Waals surface area contributed by atoms with Crippen LogP contribution >= 0.6 is 0 Å². The maximum atomic E-state index is 12.3. The van der Waals surface area contributed by atoms with Crippen LogP contribution in [-0.2, 0) is 11.3 Å². The summed E-state index contributed by atoms with van der Waals surface area (Å²) < 4.78 is 0. The first-order valence-electron chi connectivity index (χ1n) is 7.06. The molecule has 0 spiro atoms. The van der Waals surface area contributed by atoms with Gasteiger partial charge in [-0.3, -0.25) is 4.79 Å². The Kier molecular flexibility index (Phi) is 4.98. The van der Waals surface area contributed by atoms with Crippen molar-refractivity contribution in [3.63, 3.8) is 0 Å². The van der Waals surface area contributed by atoms with Gasteiger partial charge in [0.1, 0.15) is 0 Å². The average Bonchev–Trinajstić information content (AvgIpc) is 2.47. The van der Waals surface area contributed by atoms with Gasteiger partial charge in [0.2, 0.25) is 5.91 Å². The first-order chi connectivity index (χ1) is 9.60. The summed E-state index contributed by atoms with van der Waals surface area (Å²) in [5, 5.41) is 0. The number of carbonyl (C=O) groups excluding carboxylic acids is 1. The van der Waals surface area contributed by atoms with E-state index in [1.54, 1.807) is 0 Å². The summed E-state index contributed by atoms with van der Waals surface area (Å²) >= 11 is 0. The lowest BCUT2D eigenvalue weighted by molar-refractivity contribution is -0.131. The van der Waals surface area contributed by atoms with Gasteiger partial charge in [0.15, 0.2) is 0 Å². The van der Waals surface area contributed by atoms with Crippen molar-refractivity contribution < 1.29 is 4.79 Å². The third-order valence-corrected chi connectivity index (χ3v) is 3.82. The van der Waals surface area contributed by atoms with E-state index in [0.717, 1.165) is 37.4 Å². The Balaban J connectivity index is 1.93. The van der Waals surface area contributed by atoms with Crippen LogP contribution in [0.15, 0.2) is 24.3 Å². The fourth-order valence-corrected chi connectivity index (χ4v) is 2.37. The summed E-state index contributed by atoms with van der Waals surface area (Å²) in [5.74, 6) is 0.193. The Morgan fingerprint density at radius 1 is 1.30 bits per heavy atom. The van der Waals surface area contributed by atoms with Crippen LogP contribution in [0.1, 0.15) is 5.56 Å². The molecule has 2 rings (SSSR count). The number of amides is 1. The molecule has 5 heteroatoms. The van der Waals surface area contributed by atoms with Crippen LogP contribution in [-0.4, -0.2) is 62.5 Å². The maximum Gasteiger partial charge on any atom is 0.242 e. The Bertz CT molecular complexity index is 455. The van der Waals surface area contributed by atoms with E-state index < -0.39 is 0 Å². The van der Waals surface area contributed by atoms with Crippen molar-refractivity contribution in [2.45, 2.75) is 6.54 Å². The minimum absolute atomic E-state index is 0.193. The van der Waals surface area contributed by atoms with Gasteiger partial charge in [-0.15, -0.1) is 0 Å². The second kappa shape index (κ2) is 6.72. The Hall–Kier alpha value is -1.59. The van der Waals surface area contributed by atoms with E-state index in [0.29, 0.717) is 13.1 Å². The van der Waals surface area contributed by atoms with Crippen LogP contribution in [0.3, 0.4) is 0 Å². The minimum atomic E-state index is 0.193. The molecule has 0 radical (unpaired) electrons. The molecule has 0 atom stereocenters. The van der Waals surface area contributed by atoms with E-state index >= 15 is 0 Å². The normalized spacial score (nSPS) is 16.2. The number of benzene rings is 1. The van der Waals surface area contributed by atoms with Gasteiger partial charge in [0.25, 0.3) is 0 Å². The predicted octanol–water partition coefficient (Wildman–Crippen LogP) is 0.356. The van der Waals surface area contributed by atoms with Gasteiger partial charge in [0, 0.05) is 45.5 Å². The van der Waals surface area contributed by atoms with Crippen molar-refractivity contribution in [3.05, 3.63) is 29.8 Å². The average molecular weight is 276 g/mol. The number of likely N-dealkylation sites (N-methyl/N-ethyl adjacent to an activating group) is 2. The smallest absolute Gasteiger partial charge is 0.242 e. The summed E-state index contributed by atoms with van der Waals surface area (Å²) in [7, 11) is 4.04. The standard InChI is InChI=1S/C15H24N4O/c1-17-6-8-19(9-7-17)15(20)12-18(2)14-5-3-4-13(10-14)11-16/h3-5,10H,6-9,11-12,16H2,1-2H3. The molecule has 20 heavy (non-hydrogen) atoms. The number of hydrogen-bond donors (Lipinski definition) is 1. The highest BCUT2D eigenvalue weighted by molar-refractivity contribution is 5.81. The summed E-state index contributed by atoms with van der Waals surface area (Å²) in [6.07, 6.45) is 0. The molecule has 1 amide bonds. The zero-order valence-corrected chi connectivity index (χ0v) is 12.4. The second-order valence-corrected chi connectivity index (χ2v) is 5.41. The molecule has 0 bridgehead atoms. The zero-order chi connectivity index (χ0) is 14.5. The van der Waals surface area contributed by atoms with Crippen LogP contribution in [0.25, 0.3) is 0 Å². The summed E-state index contributed by atoms with van der Waals surface area (Å²) in [5.41, 5.74) is 7.77. The molecule has 1 aromatic rings. The Labute approximate surface area is 120 Å². The third kappa shape index (κ3) is 3.71. The molecule has 0 unspecified atom stereocenters. The second-order valence-electron chi connectivity index (χ2n) is 5.41. The van der Waals surface area contributed by atoms with Gasteiger partial charge in [-0.2, -0.15) is 0 Å². The van der Waals surface area contributed by atoms with E-state index in [1.165, 1.54) is 0 Å². The van der Waals surface area contributed by atoms with Gasteiger partial charge in [-0.1, -0.05) is 12.1 Å². The molecule has 1 saturated heterocycles. The van der Waals surface area contributed by atoms with Crippen molar-refractivity contribution in [3.8, 4) is 0 Å². The highest BCUT2D eigenvalue weighted by Crippen LogP contribution is 2.14. The predicted molar refractivity (Wildman–Crippen MR) is 81.7 cm³/mol. The molecule has 1 aliphatic rings. The fourth-order valence-electron chi connectivity index (χ4n) is 2.37. The van der Waals surface area contributed by atoms with Gasteiger partial charge in [-0.25, -0.2) is 0 Å². The van der Waals surface area contributed by atoms with E-state index in [1.807, 2.05) is 41.1 Å². The third-order valence-electron chi connectivity index (χ3n) is 3.82. The highest BCUT2D eigenvalue weighted by atomic mass is 16.2. The lowest BCUT2D eigenvalue weighted by atomic mass is 10.2. The number of nitrogens with two attached hydrogens (primary N) is 1. The number of carbonyl (C=O) groups is 1. The molecular weight excluding hydrogens is 252 g/mol. The quantitative estimate of drug-likeness (QED) is 0.862. The maximum absolute atomic E-state index is 12.3. The SMILES string of the molecule is CN1CCN(C(=O)CN(C)c2cccc(CN)c2)CC1. The Morgan fingerprint density at radius 2 is 2.00 bits per heavy atom. The van der Waals surface area contributed by atoms with Gasteiger partial charge < -0.3 is 20.4 Å². The first-order valence-corrected chi connectivity index (χ1v) is 7.06. The van der Waals surface area contributed by atoms with Crippen molar-refractivity contribution in [2.75, 3.05) is 51.7 Å². The van der Waals surface area contributed by atoms with Crippen LogP contribution in [0.5, 0.6) is 0 Å². The van der Waals surface area contributed by atoms with Crippen molar-refractivity contribution in [2.24, 2.45) is 5.73 Å². The molecule has 110 valence electrons. The van der Waals surface area contributed by atoms with E-state index in [9.17, 15) is 4.79 Å². The number of rotatable bonds is 4. The molecular formula is C15H24N4O. The molecule has 0 aromatic heterocycles. The minimum Gasteiger partial charge on any atom is -0.365 e. The zero-order valence-electron chi connectivity index (χ0n) is 12.4. The van der Waals surface area contributed by atoms with Crippen LogP contribution in [0.4, 0.5) is 5.69 Å². The molecule has 5 nitrogen and oxygen atoms in total. The van der Waals surface area contributed by atoms with Crippen LogP contribution < -0.4 is 10.6 Å². The van der Waals surface area contributed by atoms with E-state index in [2.05, 4.69) is 11.9 Å². The van der Waals surface area contributed by atoms with Crippen LogP contribution in [0.2, 0.25) is 0 Å². The van der Waals surface area contributed by atoms with Crippen molar-refractivity contribution in [1.82, 2.24) is 9.80 Å². The summed E-state index contributed by atoms with van der Waals surface area (Å²) in [4.78, 5) is 18.5.